The zero-order chi connectivity index (χ0) is 16.5. The van der Waals surface area contributed by atoms with E-state index in [1.165, 1.54) is 43.2 Å². The number of rotatable bonds is 3. The second-order valence-electron chi connectivity index (χ2n) is 7.56. The van der Waals surface area contributed by atoms with Crippen LogP contribution in [0.1, 0.15) is 50.2 Å². The van der Waals surface area contributed by atoms with Crippen molar-refractivity contribution in [3.63, 3.8) is 0 Å². The highest BCUT2D eigenvalue weighted by atomic mass is 16.2. The number of carbonyl (C=O) groups is 1. The van der Waals surface area contributed by atoms with E-state index in [2.05, 4.69) is 40.1 Å². The Hall–Kier alpha value is -1.61. The number of amides is 1. The number of hydrogen-bond donors (Lipinski definition) is 0. The maximum atomic E-state index is 12.1. The standard InChI is InChI=1S/C21H28N2O/c1-2-21(24)22-14-19-10-11-20(15-22)23(19)13-16-6-5-9-17-7-3-4-8-18(17)12-16/h3-4,7-8,12,19-20H,2,5-6,9-11,13-15H2,1H3. The molecule has 128 valence electrons. The van der Waals surface area contributed by atoms with E-state index >= 15 is 0 Å². The van der Waals surface area contributed by atoms with Crippen LogP contribution in [0.3, 0.4) is 0 Å². The molecule has 1 aliphatic carbocycles. The fraction of sp³-hybridized carbons (Fsp3) is 0.571. The average molecular weight is 324 g/mol. The van der Waals surface area contributed by atoms with Gasteiger partial charge < -0.3 is 4.90 Å². The highest BCUT2D eigenvalue weighted by Gasteiger charge is 2.40. The molecule has 0 aromatic heterocycles. The van der Waals surface area contributed by atoms with E-state index in [-0.39, 0.29) is 0 Å². The van der Waals surface area contributed by atoms with Gasteiger partial charge in [0.15, 0.2) is 0 Å². The van der Waals surface area contributed by atoms with Crippen LogP contribution in [0.4, 0.5) is 0 Å². The predicted octanol–water partition coefficient (Wildman–Crippen LogP) is 3.49. The lowest BCUT2D eigenvalue weighted by molar-refractivity contribution is -0.134. The summed E-state index contributed by atoms with van der Waals surface area (Å²) in [4.78, 5) is 16.9. The van der Waals surface area contributed by atoms with Gasteiger partial charge in [-0.3, -0.25) is 9.69 Å². The monoisotopic (exact) mass is 324 g/mol. The SMILES string of the molecule is CCC(=O)N1CC2CCC(C1)N2CC1=Cc2ccccc2CCC1. The summed E-state index contributed by atoms with van der Waals surface area (Å²) in [6, 6.07) is 9.97. The van der Waals surface area contributed by atoms with Gasteiger partial charge in [-0.15, -0.1) is 0 Å². The first-order valence-electron chi connectivity index (χ1n) is 9.55. The summed E-state index contributed by atoms with van der Waals surface area (Å²) in [6.45, 7) is 4.95. The summed E-state index contributed by atoms with van der Waals surface area (Å²) in [6.07, 6.45) is 9.24. The Labute approximate surface area is 145 Å². The molecule has 2 aliphatic heterocycles. The molecule has 4 rings (SSSR count). The van der Waals surface area contributed by atoms with Gasteiger partial charge in [0, 0.05) is 38.1 Å². The summed E-state index contributed by atoms with van der Waals surface area (Å²) in [5.74, 6) is 0.328. The molecule has 0 N–H and O–H groups in total. The summed E-state index contributed by atoms with van der Waals surface area (Å²) in [5, 5.41) is 0. The average Bonchev–Trinajstić information content (AvgIpc) is 2.80. The van der Waals surface area contributed by atoms with Crippen LogP contribution in [0, 0.1) is 0 Å². The lowest BCUT2D eigenvalue weighted by Gasteiger charge is -2.41. The lowest BCUT2D eigenvalue weighted by atomic mass is 10.0. The van der Waals surface area contributed by atoms with Crippen LogP contribution < -0.4 is 0 Å². The smallest absolute Gasteiger partial charge is 0.222 e. The molecule has 3 heteroatoms. The Morgan fingerprint density at radius 3 is 2.62 bits per heavy atom. The van der Waals surface area contributed by atoms with Crippen LogP contribution in [0.5, 0.6) is 0 Å². The molecule has 2 unspecified atom stereocenters. The number of aryl methyl sites for hydroxylation is 1. The van der Waals surface area contributed by atoms with Gasteiger partial charge in [0.25, 0.3) is 0 Å². The van der Waals surface area contributed by atoms with E-state index < -0.39 is 0 Å². The topological polar surface area (TPSA) is 23.6 Å². The molecule has 3 nitrogen and oxygen atoms in total. The van der Waals surface area contributed by atoms with Gasteiger partial charge in [0.2, 0.25) is 5.91 Å². The Morgan fingerprint density at radius 2 is 1.88 bits per heavy atom. The molecule has 2 fully saturated rings. The molecule has 1 aromatic carbocycles. The van der Waals surface area contributed by atoms with Crippen molar-refractivity contribution in [2.24, 2.45) is 0 Å². The zero-order valence-corrected chi connectivity index (χ0v) is 14.7. The molecular formula is C21H28N2O. The summed E-state index contributed by atoms with van der Waals surface area (Å²) in [7, 11) is 0. The third kappa shape index (κ3) is 3.02. The Kier molecular flexibility index (Phi) is 4.45. The van der Waals surface area contributed by atoms with Gasteiger partial charge in [-0.1, -0.05) is 42.8 Å². The van der Waals surface area contributed by atoms with Crippen LogP contribution in [0.15, 0.2) is 29.8 Å². The van der Waals surface area contributed by atoms with Crippen molar-refractivity contribution >= 4 is 12.0 Å². The van der Waals surface area contributed by atoms with E-state index in [9.17, 15) is 4.79 Å². The van der Waals surface area contributed by atoms with Crippen molar-refractivity contribution in [1.29, 1.82) is 0 Å². The third-order valence-electron chi connectivity index (χ3n) is 6.03. The predicted molar refractivity (Wildman–Crippen MR) is 97.7 cm³/mol. The second kappa shape index (κ2) is 6.72. The highest BCUT2D eigenvalue weighted by Crippen LogP contribution is 2.33. The van der Waals surface area contributed by atoms with Gasteiger partial charge >= 0.3 is 0 Å². The molecule has 3 aliphatic rings. The third-order valence-corrected chi connectivity index (χ3v) is 6.03. The van der Waals surface area contributed by atoms with Gasteiger partial charge in [-0.05, 0) is 43.2 Å². The van der Waals surface area contributed by atoms with E-state index in [0.29, 0.717) is 24.4 Å². The largest absolute Gasteiger partial charge is 0.340 e. The molecule has 2 heterocycles. The van der Waals surface area contributed by atoms with E-state index in [1.54, 1.807) is 5.57 Å². The van der Waals surface area contributed by atoms with Gasteiger partial charge in [-0.2, -0.15) is 0 Å². The number of likely N-dealkylation sites (tertiary alicyclic amines) is 1. The van der Waals surface area contributed by atoms with Crippen LogP contribution in [-0.4, -0.2) is 47.4 Å². The Balaban J connectivity index is 1.49. The van der Waals surface area contributed by atoms with E-state index in [4.69, 9.17) is 0 Å². The normalized spacial score (nSPS) is 26.7. The van der Waals surface area contributed by atoms with Crippen LogP contribution in [-0.2, 0) is 11.2 Å². The molecule has 2 saturated heterocycles. The van der Waals surface area contributed by atoms with E-state index in [1.807, 2.05) is 6.92 Å². The molecule has 2 atom stereocenters. The van der Waals surface area contributed by atoms with E-state index in [0.717, 1.165) is 19.6 Å². The first kappa shape index (κ1) is 15.9. The van der Waals surface area contributed by atoms with Crippen molar-refractivity contribution in [1.82, 2.24) is 9.80 Å². The number of nitrogens with zero attached hydrogens (tertiary/aromatic N) is 2. The van der Waals surface area contributed by atoms with Crippen molar-refractivity contribution in [2.45, 2.75) is 57.5 Å². The van der Waals surface area contributed by atoms with Crippen LogP contribution in [0.25, 0.3) is 6.08 Å². The molecule has 0 saturated carbocycles. The molecule has 1 aromatic rings. The minimum atomic E-state index is 0.328. The molecule has 24 heavy (non-hydrogen) atoms. The first-order valence-corrected chi connectivity index (χ1v) is 9.55. The van der Waals surface area contributed by atoms with Crippen molar-refractivity contribution in [3.8, 4) is 0 Å². The first-order chi connectivity index (χ1) is 11.7. The van der Waals surface area contributed by atoms with Crippen molar-refractivity contribution in [3.05, 3.63) is 41.0 Å². The summed E-state index contributed by atoms with van der Waals surface area (Å²) >= 11 is 0. The van der Waals surface area contributed by atoms with Crippen molar-refractivity contribution < 1.29 is 4.79 Å². The molecular weight excluding hydrogens is 296 g/mol. The number of benzene rings is 1. The maximum Gasteiger partial charge on any atom is 0.222 e. The summed E-state index contributed by atoms with van der Waals surface area (Å²) < 4.78 is 0. The molecule has 1 amide bonds. The highest BCUT2D eigenvalue weighted by molar-refractivity contribution is 5.76. The molecule has 0 radical (unpaired) electrons. The Bertz CT molecular complexity index is 637. The van der Waals surface area contributed by atoms with Gasteiger partial charge in [-0.25, -0.2) is 0 Å². The number of fused-ring (bicyclic) bond motifs is 3. The lowest BCUT2D eigenvalue weighted by Crippen LogP contribution is -2.55. The quantitative estimate of drug-likeness (QED) is 0.850. The van der Waals surface area contributed by atoms with Crippen LogP contribution >= 0.6 is 0 Å². The Morgan fingerprint density at radius 1 is 1.12 bits per heavy atom. The van der Waals surface area contributed by atoms with Crippen LogP contribution in [0.2, 0.25) is 0 Å². The van der Waals surface area contributed by atoms with Crippen molar-refractivity contribution in [2.75, 3.05) is 19.6 Å². The molecule has 2 bridgehead atoms. The maximum absolute atomic E-state index is 12.1. The number of carbonyl (C=O) groups excluding carboxylic acids is 1. The molecule has 0 spiro atoms. The number of hydrogen-bond acceptors (Lipinski definition) is 2. The minimum absolute atomic E-state index is 0.328. The minimum Gasteiger partial charge on any atom is -0.340 e. The number of piperazine rings is 1. The fourth-order valence-corrected chi connectivity index (χ4v) is 4.74. The second-order valence-corrected chi connectivity index (χ2v) is 7.56. The fourth-order valence-electron chi connectivity index (χ4n) is 4.74. The van der Waals surface area contributed by atoms with Gasteiger partial charge in [0.1, 0.15) is 0 Å². The van der Waals surface area contributed by atoms with Gasteiger partial charge in [0.05, 0.1) is 0 Å². The summed E-state index contributed by atoms with van der Waals surface area (Å²) in [5.41, 5.74) is 4.48. The zero-order valence-electron chi connectivity index (χ0n) is 14.7.